The first-order valence-corrected chi connectivity index (χ1v) is 12.5. The van der Waals surface area contributed by atoms with Gasteiger partial charge in [-0.05, 0) is 56.5 Å². The predicted molar refractivity (Wildman–Crippen MR) is 137 cm³/mol. The maximum Gasteiger partial charge on any atom is 0.322 e. The molecule has 190 valence electrons. The average molecular weight is 491 g/mol. The zero-order valence-corrected chi connectivity index (χ0v) is 21.4. The van der Waals surface area contributed by atoms with Gasteiger partial charge in [0.15, 0.2) is 0 Å². The third-order valence-electron chi connectivity index (χ3n) is 6.40. The molecule has 8 heteroatoms. The molecule has 0 unspecified atom stereocenters. The Morgan fingerprint density at radius 1 is 1.06 bits per heavy atom. The lowest BCUT2D eigenvalue weighted by Crippen LogP contribution is -2.52. The lowest BCUT2D eigenvalue weighted by Gasteiger charge is -2.33. The number of ether oxygens (including phenoxy) is 1. The Morgan fingerprint density at radius 3 is 2.39 bits per heavy atom. The molecule has 4 amide bonds. The molecule has 36 heavy (non-hydrogen) atoms. The Morgan fingerprint density at radius 2 is 1.75 bits per heavy atom. The van der Waals surface area contributed by atoms with E-state index in [1.807, 2.05) is 89.2 Å². The number of hydrogen-bond acceptors (Lipinski definition) is 4. The first-order chi connectivity index (χ1) is 17.2. The fourth-order valence-corrected chi connectivity index (χ4v) is 4.88. The second-order valence-electron chi connectivity index (χ2n) is 9.76. The highest BCUT2D eigenvalue weighted by Crippen LogP contribution is 2.38. The Bertz CT molecular complexity index is 1180. The van der Waals surface area contributed by atoms with Crippen LogP contribution in [0, 0.1) is 5.92 Å². The minimum atomic E-state index is -0.646. The molecule has 0 aromatic heterocycles. The summed E-state index contributed by atoms with van der Waals surface area (Å²) in [5.41, 5.74) is 1.88. The van der Waals surface area contributed by atoms with E-state index in [0.717, 1.165) is 5.56 Å². The fraction of sp³-hybridized carbons (Fsp3) is 0.393. The van der Waals surface area contributed by atoms with E-state index in [-0.39, 0.29) is 36.3 Å². The molecule has 0 radical (unpaired) electrons. The van der Waals surface area contributed by atoms with E-state index >= 15 is 0 Å². The van der Waals surface area contributed by atoms with Gasteiger partial charge in [-0.2, -0.15) is 0 Å². The number of rotatable bonds is 8. The molecule has 8 nitrogen and oxygen atoms in total. The monoisotopic (exact) mass is 490 g/mol. The van der Waals surface area contributed by atoms with E-state index in [9.17, 15) is 14.4 Å². The third-order valence-corrected chi connectivity index (χ3v) is 6.40. The van der Waals surface area contributed by atoms with Crippen LogP contribution in [0.3, 0.4) is 0 Å². The number of hydrogen-bond donors (Lipinski definition) is 2. The average Bonchev–Trinajstić information content (AvgIpc) is 3.15. The maximum atomic E-state index is 13.9. The number of likely N-dealkylation sites (N-methyl/N-ethyl adjacent to an activating group) is 1. The molecule has 0 saturated carbocycles. The van der Waals surface area contributed by atoms with Crippen molar-refractivity contribution in [2.75, 3.05) is 13.1 Å². The van der Waals surface area contributed by atoms with Gasteiger partial charge in [0.05, 0.1) is 23.9 Å². The molecule has 2 atom stereocenters. The van der Waals surface area contributed by atoms with Gasteiger partial charge in [0.2, 0.25) is 5.91 Å². The van der Waals surface area contributed by atoms with E-state index < -0.39 is 12.1 Å². The van der Waals surface area contributed by atoms with Crippen molar-refractivity contribution in [1.29, 1.82) is 0 Å². The van der Waals surface area contributed by atoms with Crippen molar-refractivity contribution < 1.29 is 19.1 Å². The Labute approximate surface area is 212 Å². The molecule has 2 N–H and O–H groups in total. The van der Waals surface area contributed by atoms with Gasteiger partial charge in [0, 0.05) is 12.6 Å². The van der Waals surface area contributed by atoms with Crippen LogP contribution >= 0.6 is 0 Å². The van der Waals surface area contributed by atoms with Gasteiger partial charge in [-0.1, -0.05) is 44.2 Å². The largest absolute Gasteiger partial charge is 0.457 e. The fourth-order valence-electron chi connectivity index (χ4n) is 4.88. The minimum absolute atomic E-state index is 0.0467. The van der Waals surface area contributed by atoms with Crippen molar-refractivity contribution in [1.82, 2.24) is 20.4 Å². The molecule has 0 aliphatic carbocycles. The topological polar surface area (TPSA) is 91.0 Å². The van der Waals surface area contributed by atoms with Crippen molar-refractivity contribution >= 4 is 17.8 Å². The molecule has 4 rings (SSSR count). The highest BCUT2D eigenvalue weighted by molar-refractivity contribution is 6.03. The number of para-hydroxylation sites is 1. The second kappa shape index (κ2) is 10.4. The number of nitrogens with one attached hydrogen (secondary N) is 2. The number of amides is 4. The van der Waals surface area contributed by atoms with Crippen LogP contribution in [0.25, 0.3) is 0 Å². The van der Waals surface area contributed by atoms with E-state index in [0.29, 0.717) is 29.3 Å². The summed E-state index contributed by atoms with van der Waals surface area (Å²) in [6, 6.07) is 15.2. The van der Waals surface area contributed by atoms with Crippen LogP contribution in [-0.2, 0) is 9.59 Å². The van der Waals surface area contributed by atoms with Crippen LogP contribution in [-0.4, -0.2) is 52.8 Å². The molecule has 0 bridgehead atoms. The number of carbonyl (C=O) groups excluding carboxylic acids is 3. The van der Waals surface area contributed by atoms with Crippen LogP contribution in [0.5, 0.6) is 11.5 Å². The van der Waals surface area contributed by atoms with Crippen molar-refractivity contribution in [2.45, 2.75) is 52.7 Å². The van der Waals surface area contributed by atoms with Gasteiger partial charge in [-0.3, -0.25) is 14.5 Å². The van der Waals surface area contributed by atoms with Crippen LogP contribution < -0.4 is 15.4 Å². The van der Waals surface area contributed by atoms with Gasteiger partial charge >= 0.3 is 6.03 Å². The summed E-state index contributed by atoms with van der Waals surface area (Å²) < 4.78 is 5.99. The van der Waals surface area contributed by atoms with E-state index in [4.69, 9.17) is 4.74 Å². The Kier molecular flexibility index (Phi) is 7.33. The summed E-state index contributed by atoms with van der Waals surface area (Å²) in [7, 11) is 0. The summed E-state index contributed by atoms with van der Waals surface area (Å²) in [4.78, 5) is 43.2. The molecule has 2 aromatic carbocycles. The zero-order chi connectivity index (χ0) is 26.0. The first kappa shape index (κ1) is 25.3. The van der Waals surface area contributed by atoms with Crippen molar-refractivity contribution in [3.05, 3.63) is 71.4 Å². The van der Waals surface area contributed by atoms with Gasteiger partial charge in [-0.15, -0.1) is 0 Å². The lowest BCUT2D eigenvalue weighted by atomic mass is 9.95. The van der Waals surface area contributed by atoms with Gasteiger partial charge in [-0.25, -0.2) is 4.79 Å². The number of urea groups is 1. The SMILES string of the molecule is CCN1C(=O)N[C@@H](c2cccc(Oc3ccccc3)c2)C2=C1CN([C@@H](C(=O)NC(C)C)C(C)C)C2=O. The quantitative estimate of drug-likeness (QED) is 0.580. The Balaban J connectivity index is 1.69. The number of nitrogens with zero attached hydrogens (tertiary/aromatic N) is 2. The van der Waals surface area contributed by atoms with E-state index in [2.05, 4.69) is 10.6 Å². The number of carbonyl (C=O) groups is 3. The highest BCUT2D eigenvalue weighted by Gasteiger charge is 2.47. The first-order valence-electron chi connectivity index (χ1n) is 12.5. The second-order valence-corrected chi connectivity index (χ2v) is 9.76. The predicted octanol–water partition coefficient (Wildman–Crippen LogP) is 4.21. The molecule has 0 fully saturated rings. The smallest absolute Gasteiger partial charge is 0.322 e. The summed E-state index contributed by atoms with van der Waals surface area (Å²) in [5, 5.41) is 5.95. The summed E-state index contributed by atoms with van der Waals surface area (Å²) in [6.45, 7) is 10.1. The van der Waals surface area contributed by atoms with Crippen LogP contribution in [0.15, 0.2) is 65.9 Å². The zero-order valence-electron chi connectivity index (χ0n) is 21.4. The normalized spacial score (nSPS) is 18.5. The van der Waals surface area contributed by atoms with Crippen LogP contribution in [0.4, 0.5) is 4.79 Å². The van der Waals surface area contributed by atoms with Crippen LogP contribution in [0.2, 0.25) is 0 Å². The van der Waals surface area contributed by atoms with E-state index in [1.54, 1.807) is 9.80 Å². The molecular formula is C28H34N4O4. The van der Waals surface area contributed by atoms with Crippen molar-refractivity contribution in [2.24, 2.45) is 5.92 Å². The highest BCUT2D eigenvalue weighted by atomic mass is 16.5. The Hall–Kier alpha value is -3.81. The lowest BCUT2D eigenvalue weighted by molar-refractivity contribution is -0.138. The number of benzene rings is 2. The van der Waals surface area contributed by atoms with Crippen molar-refractivity contribution in [3.63, 3.8) is 0 Å². The molecule has 2 aliphatic heterocycles. The molecule has 0 saturated heterocycles. The maximum absolute atomic E-state index is 13.9. The summed E-state index contributed by atoms with van der Waals surface area (Å²) in [5.74, 6) is 0.768. The summed E-state index contributed by atoms with van der Waals surface area (Å²) >= 11 is 0. The minimum Gasteiger partial charge on any atom is -0.457 e. The molecule has 2 aliphatic rings. The van der Waals surface area contributed by atoms with Crippen molar-refractivity contribution in [3.8, 4) is 11.5 Å². The summed E-state index contributed by atoms with van der Waals surface area (Å²) in [6.07, 6.45) is 0. The molecule has 2 heterocycles. The third kappa shape index (κ3) is 4.94. The molecule has 2 aromatic rings. The standard InChI is InChI=1S/C28H34N4O4/c1-6-31-22-16-32(25(17(2)3)26(33)29-18(4)5)27(34)23(22)24(30-28(31)35)19-11-10-14-21(15-19)36-20-12-8-7-9-13-20/h7-15,17-18,24-25H,6,16H2,1-5H3,(H,29,33)(H,30,35)/t24-,25+/m0/s1. The molecular weight excluding hydrogens is 456 g/mol. The van der Waals surface area contributed by atoms with Gasteiger partial charge < -0.3 is 20.3 Å². The van der Waals surface area contributed by atoms with Crippen LogP contribution in [0.1, 0.15) is 46.2 Å². The van der Waals surface area contributed by atoms with Gasteiger partial charge in [0.1, 0.15) is 17.5 Å². The molecule has 0 spiro atoms. The van der Waals surface area contributed by atoms with E-state index in [1.165, 1.54) is 0 Å². The van der Waals surface area contributed by atoms with Gasteiger partial charge in [0.25, 0.3) is 5.91 Å².